The van der Waals surface area contributed by atoms with Gasteiger partial charge < -0.3 is 10.3 Å². The summed E-state index contributed by atoms with van der Waals surface area (Å²) in [5.41, 5.74) is 0. The van der Waals surface area contributed by atoms with Crippen molar-refractivity contribution >= 4 is 0 Å². The van der Waals surface area contributed by atoms with Gasteiger partial charge in [0.1, 0.15) is 5.82 Å². The maximum Gasteiger partial charge on any atom is 0.107 e. The van der Waals surface area contributed by atoms with Crippen LogP contribution in [0.5, 0.6) is 0 Å². The molecule has 1 fully saturated rings. The molecule has 1 aromatic heterocycles. The molecule has 0 saturated heterocycles. The van der Waals surface area contributed by atoms with Crippen LogP contribution in [0.15, 0.2) is 12.4 Å². The summed E-state index contributed by atoms with van der Waals surface area (Å²) in [4.78, 5) is 7.51. The summed E-state index contributed by atoms with van der Waals surface area (Å²) < 4.78 is 0. The molecular formula is C12H21N3. The molecule has 0 bridgehead atoms. The van der Waals surface area contributed by atoms with E-state index in [1.807, 2.05) is 12.4 Å². The summed E-state index contributed by atoms with van der Waals surface area (Å²) in [6, 6.07) is 0.629. The fraction of sp³-hybridized carbons (Fsp3) is 0.750. The van der Waals surface area contributed by atoms with Gasteiger partial charge in [0.25, 0.3) is 0 Å². The Morgan fingerprint density at radius 2 is 2.47 bits per heavy atom. The molecule has 0 aliphatic heterocycles. The first-order valence-electron chi connectivity index (χ1n) is 6.11. The van der Waals surface area contributed by atoms with Crippen LogP contribution in [-0.2, 0) is 6.42 Å². The maximum absolute atomic E-state index is 4.31. The lowest BCUT2D eigenvalue weighted by atomic mass is 9.78. The second-order valence-corrected chi connectivity index (χ2v) is 4.49. The van der Waals surface area contributed by atoms with Crippen LogP contribution < -0.4 is 5.32 Å². The Morgan fingerprint density at radius 3 is 3.00 bits per heavy atom. The Hall–Kier alpha value is -0.830. The topological polar surface area (TPSA) is 40.7 Å². The van der Waals surface area contributed by atoms with E-state index in [9.17, 15) is 0 Å². The standard InChI is InChI=1S/C12H21N3/c1-2-6-13-11(10-4-3-5-10)9-12-14-7-8-15-12/h7-8,10-11,13H,2-6,9H2,1H3,(H,14,15). The van der Waals surface area contributed by atoms with Crippen LogP contribution in [0.25, 0.3) is 0 Å². The third-order valence-electron chi connectivity index (χ3n) is 3.34. The van der Waals surface area contributed by atoms with E-state index in [2.05, 4.69) is 22.2 Å². The zero-order valence-corrected chi connectivity index (χ0v) is 9.50. The van der Waals surface area contributed by atoms with Crippen molar-refractivity contribution < 1.29 is 0 Å². The minimum atomic E-state index is 0.629. The predicted molar refractivity (Wildman–Crippen MR) is 61.7 cm³/mol. The molecule has 0 amide bonds. The number of rotatable bonds is 6. The largest absolute Gasteiger partial charge is 0.349 e. The van der Waals surface area contributed by atoms with Crippen LogP contribution in [0.2, 0.25) is 0 Å². The SMILES string of the molecule is CCCNC(Cc1ncc[nH]1)C1CCC1. The highest BCUT2D eigenvalue weighted by Gasteiger charge is 2.27. The number of imidazole rings is 1. The van der Waals surface area contributed by atoms with Crippen LogP contribution in [0.1, 0.15) is 38.4 Å². The Labute approximate surface area is 91.7 Å². The predicted octanol–water partition coefficient (Wildman–Crippen LogP) is 2.12. The van der Waals surface area contributed by atoms with E-state index >= 15 is 0 Å². The summed E-state index contributed by atoms with van der Waals surface area (Å²) >= 11 is 0. The molecule has 2 rings (SSSR count). The molecule has 2 N–H and O–H groups in total. The summed E-state index contributed by atoms with van der Waals surface area (Å²) in [6.07, 6.45) is 10.2. The number of aromatic nitrogens is 2. The van der Waals surface area contributed by atoms with Crippen LogP contribution in [-0.4, -0.2) is 22.6 Å². The molecular weight excluding hydrogens is 186 g/mol. The third kappa shape index (κ3) is 2.81. The molecule has 1 atom stereocenters. The van der Waals surface area contributed by atoms with Crippen molar-refractivity contribution in [3.05, 3.63) is 18.2 Å². The van der Waals surface area contributed by atoms with Crippen molar-refractivity contribution in [2.45, 2.75) is 45.1 Å². The van der Waals surface area contributed by atoms with Gasteiger partial charge in [0, 0.05) is 24.9 Å². The van der Waals surface area contributed by atoms with E-state index in [0.717, 1.165) is 24.7 Å². The molecule has 1 aromatic rings. The average molecular weight is 207 g/mol. The van der Waals surface area contributed by atoms with E-state index in [4.69, 9.17) is 0 Å². The number of hydrogen-bond donors (Lipinski definition) is 2. The lowest BCUT2D eigenvalue weighted by Gasteiger charge is -2.34. The normalized spacial score (nSPS) is 18.7. The van der Waals surface area contributed by atoms with Gasteiger partial charge in [0.05, 0.1) is 0 Å². The first-order chi connectivity index (χ1) is 7.40. The van der Waals surface area contributed by atoms with Crippen molar-refractivity contribution in [3.8, 4) is 0 Å². The van der Waals surface area contributed by atoms with Gasteiger partial charge in [0.2, 0.25) is 0 Å². The fourth-order valence-corrected chi connectivity index (χ4v) is 2.20. The van der Waals surface area contributed by atoms with Crippen molar-refractivity contribution in [1.82, 2.24) is 15.3 Å². The van der Waals surface area contributed by atoms with E-state index in [1.165, 1.54) is 25.7 Å². The highest BCUT2D eigenvalue weighted by atomic mass is 15.0. The molecule has 1 aliphatic rings. The first kappa shape index (κ1) is 10.7. The minimum Gasteiger partial charge on any atom is -0.349 e. The number of nitrogens with zero attached hydrogens (tertiary/aromatic N) is 1. The van der Waals surface area contributed by atoms with Crippen molar-refractivity contribution in [3.63, 3.8) is 0 Å². The van der Waals surface area contributed by atoms with Crippen molar-refractivity contribution in [1.29, 1.82) is 0 Å². The van der Waals surface area contributed by atoms with Crippen LogP contribution in [0.4, 0.5) is 0 Å². The Bertz CT molecular complexity index is 264. The number of hydrogen-bond acceptors (Lipinski definition) is 2. The zero-order chi connectivity index (χ0) is 10.5. The molecule has 0 radical (unpaired) electrons. The van der Waals surface area contributed by atoms with E-state index < -0.39 is 0 Å². The van der Waals surface area contributed by atoms with Crippen LogP contribution in [0.3, 0.4) is 0 Å². The molecule has 1 unspecified atom stereocenters. The molecule has 0 spiro atoms. The smallest absolute Gasteiger partial charge is 0.107 e. The highest BCUT2D eigenvalue weighted by molar-refractivity contribution is 4.95. The molecule has 1 heterocycles. The molecule has 3 heteroatoms. The van der Waals surface area contributed by atoms with Gasteiger partial charge in [-0.2, -0.15) is 0 Å². The fourth-order valence-electron chi connectivity index (χ4n) is 2.20. The quantitative estimate of drug-likeness (QED) is 0.750. The molecule has 84 valence electrons. The van der Waals surface area contributed by atoms with Gasteiger partial charge in [-0.3, -0.25) is 0 Å². The van der Waals surface area contributed by atoms with Crippen LogP contribution >= 0.6 is 0 Å². The molecule has 3 nitrogen and oxygen atoms in total. The third-order valence-corrected chi connectivity index (χ3v) is 3.34. The molecule has 15 heavy (non-hydrogen) atoms. The monoisotopic (exact) mass is 207 g/mol. The Balaban J connectivity index is 1.86. The first-order valence-corrected chi connectivity index (χ1v) is 6.11. The molecule has 1 aliphatic carbocycles. The minimum absolute atomic E-state index is 0.629. The summed E-state index contributed by atoms with van der Waals surface area (Å²) in [5.74, 6) is 2.00. The average Bonchev–Trinajstić information content (AvgIpc) is 2.64. The Morgan fingerprint density at radius 1 is 1.60 bits per heavy atom. The van der Waals surface area contributed by atoms with E-state index in [1.54, 1.807) is 0 Å². The van der Waals surface area contributed by atoms with Gasteiger partial charge in [-0.15, -0.1) is 0 Å². The zero-order valence-electron chi connectivity index (χ0n) is 9.50. The Kier molecular flexibility index (Phi) is 3.78. The van der Waals surface area contributed by atoms with Gasteiger partial charge in [-0.05, 0) is 31.7 Å². The maximum atomic E-state index is 4.31. The molecule has 1 saturated carbocycles. The summed E-state index contributed by atoms with van der Waals surface area (Å²) in [7, 11) is 0. The van der Waals surface area contributed by atoms with E-state index in [-0.39, 0.29) is 0 Å². The van der Waals surface area contributed by atoms with Gasteiger partial charge in [-0.25, -0.2) is 4.98 Å². The second kappa shape index (κ2) is 5.31. The lowest BCUT2D eigenvalue weighted by molar-refractivity contribution is 0.226. The van der Waals surface area contributed by atoms with Crippen LogP contribution in [0, 0.1) is 5.92 Å². The molecule has 0 aromatic carbocycles. The van der Waals surface area contributed by atoms with Gasteiger partial charge in [0.15, 0.2) is 0 Å². The number of aromatic amines is 1. The second-order valence-electron chi connectivity index (χ2n) is 4.49. The summed E-state index contributed by atoms with van der Waals surface area (Å²) in [6.45, 7) is 3.35. The van der Waals surface area contributed by atoms with Gasteiger partial charge in [-0.1, -0.05) is 13.3 Å². The van der Waals surface area contributed by atoms with E-state index in [0.29, 0.717) is 6.04 Å². The highest BCUT2D eigenvalue weighted by Crippen LogP contribution is 2.30. The number of H-pyrrole nitrogens is 1. The number of nitrogens with one attached hydrogen (secondary N) is 2. The van der Waals surface area contributed by atoms with Crippen molar-refractivity contribution in [2.24, 2.45) is 5.92 Å². The lowest BCUT2D eigenvalue weighted by Crippen LogP contribution is -2.41. The van der Waals surface area contributed by atoms with Crippen molar-refractivity contribution in [2.75, 3.05) is 6.54 Å². The summed E-state index contributed by atoms with van der Waals surface area (Å²) in [5, 5.41) is 3.65. The van der Waals surface area contributed by atoms with Gasteiger partial charge >= 0.3 is 0 Å².